The van der Waals surface area contributed by atoms with Crippen LogP contribution >= 0.6 is 23.4 Å². The summed E-state index contributed by atoms with van der Waals surface area (Å²) in [6.45, 7) is 3.93. The molecule has 0 radical (unpaired) electrons. The number of hydrogen-bond acceptors (Lipinski definition) is 5. The molecule has 1 fully saturated rings. The van der Waals surface area contributed by atoms with Crippen molar-refractivity contribution >= 4 is 40.1 Å². The first-order valence-corrected chi connectivity index (χ1v) is 11.5. The molecule has 4 rings (SSSR count). The number of H-pyrrole nitrogens is 1. The molecule has 2 aromatic heterocycles. The Morgan fingerprint density at radius 2 is 2.00 bits per heavy atom. The summed E-state index contributed by atoms with van der Waals surface area (Å²) in [6.07, 6.45) is -3.18. The number of rotatable bonds is 7. The molecule has 3 aromatic rings. The lowest BCUT2D eigenvalue weighted by molar-refractivity contribution is -0.253. The van der Waals surface area contributed by atoms with E-state index in [1.165, 1.54) is 36.4 Å². The summed E-state index contributed by atoms with van der Waals surface area (Å²) in [6, 6.07) is 3.82. The highest BCUT2D eigenvalue weighted by molar-refractivity contribution is 7.98. The highest BCUT2D eigenvalue weighted by Gasteiger charge is 2.44. The topological polar surface area (TPSA) is 54.0 Å². The molecule has 0 spiro atoms. The molecule has 0 bridgehead atoms. The van der Waals surface area contributed by atoms with Crippen LogP contribution < -0.4 is 9.64 Å². The molecule has 0 atom stereocenters. The van der Waals surface area contributed by atoms with E-state index in [0.717, 1.165) is 42.9 Å². The SMILES string of the molecule is Cc1cnc(CSc2nc3ccc(OC(F)(F)C(F)F)cc3[nH]2)c(Cl)c1N1CCCCC1. The Labute approximate surface area is 191 Å². The molecule has 0 amide bonds. The number of benzene rings is 1. The molecule has 1 aliphatic rings. The van der Waals surface area contributed by atoms with Crippen LogP contribution in [0.15, 0.2) is 29.6 Å². The summed E-state index contributed by atoms with van der Waals surface area (Å²) in [5.74, 6) is 0.0736. The molecule has 172 valence electrons. The van der Waals surface area contributed by atoms with Crippen molar-refractivity contribution in [2.75, 3.05) is 18.0 Å². The molecular weight excluding hydrogens is 468 g/mol. The van der Waals surface area contributed by atoms with Gasteiger partial charge >= 0.3 is 12.5 Å². The fourth-order valence-electron chi connectivity index (χ4n) is 3.64. The summed E-state index contributed by atoms with van der Waals surface area (Å²) >= 11 is 8.06. The van der Waals surface area contributed by atoms with Gasteiger partial charge < -0.3 is 14.6 Å². The van der Waals surface area contributed by atoms with Crippen molar-refractivity contribution in [3.63, 3.8) is 0 Å². The average Bonchev–Trinajstić information content (AvgIpc) is 3.16. The van der Waals surface area contributed by atoms with E-state index < -0.39 is 12.5 Å². The van der Waals surface area contributed by atoms with Gasteiger partial charge in [0.2, 0.25) is 0 Å². The van der Waals surface area contributed by atoms with Crippen LogP contribution in [0.1, 0.15) is 30.5 Å². The predicted molar refractivity (Wildman–Crippen MR) is 117 cm³/mol. The van der Waals surface area contributed by atoms with Gasteiger partial charge in [0, 0.05) is 31.1 Å². The summed E-state index contributed by atoms with van der Waals surface area (Å²) in [5, 5.41) is 1.15. The van der Waals surface area contributed by atoms with Crippen molar-refractivity contribution in [1.82, 2.24) is 15.0 Å². The van der Waals surface area contributed by atoms with Crippen molar-refractivity contribution < 1.29 is 22.3 Å². The Hall–Kier alpha value is -2.20. The summed E-state index contributed by atoms with van der Waals surface area (Å²) in [7, 11) is 0. The van der Waals surface area contributed by atoms with Crippen LogP contribution in [-0.2, 0) is 5.75 Å². The van der Waals surface area contributed by atoms with E-state index in [4.69, 9.17) is 11.6 Å². The number of piperidine rings is 1. The zero-order valence-electron chi connectivity index (χ0n) is 17.2. The second-order valence-corrected chi connectivity index (χ2v) is 8.91. The van der Waals surface area contributed by atoms with Crippen molar-refractivity contribution in [3.05, 3.63) is 40.7 Å². The number of nitrogens with zero attached hydrogens (tertiary/aromatic N) is 3. The van der Waals surface area contributed by atoms with E-state index in [2.05, 4.69) is 24.6 Å². The smallest absolute Gasteiger partial charge is 0.428 e. The first kappa shape index (κ1) is 23.0. The number of aromatic nitrogens is 3. The Balaban J connectivity index is 1.49. The Morgan fingerprint density at radius 3 is 2.72 bits per heavy atom. The predicted octanol–water partition coefficient (Wildman–Crippen LogP) is 6.44. The van der Waals surface area contributed by atoms with Gasteiger partial charge in [0.25, 0.3) is 0 Å². The summed E-state index contributed by atoms with van der Waals surface area (Å²) in [4.78, 5) is 14.2. The van der Waals surface area contributed by atoms with Crippen LogP contribution in [0.25, 0.3) is 11.0 Å². The van der Waals surface area contributed by atoms with Gasteiger partial charge in [0.1, 0.15) is 5.75 Å². The van der Waals surface area contributed by atoms with Crippen molar-refractivity contribution in [2.45, 2.75) is 49.6 Å². The number of thioether (sulfide) groups is 1. The number of anilines is 1. The minimum atomic E-state index is -4.56. The maximum Gasteiger partial charge on any atom is 0.461 e. The van der Waals surface area contributed by atoms with Gasteiger partial charge in [-0.05, 0) is 43.9 Å². The third kappa shape index (κ3) is 4.91. The van der Waals surface area contributed by atoms with E-state index in [1.807, 2.05) is 13.1 Å². The number of halogens is 5. The maximum atomic E-state index is 13.2. The highest BCUT2D eigenvalue weighted by Crippen LogP contribution is 2.36. The number of aryl methyl sites for hydroxylation is 1. The van der Waals surface area contributed by atoms with Crippen molar-refractivity contribution in [1.29, 1.82) is 0 Å². The highest BCUT2D eigenvalue weighted by atomic mass is 35.5. The van der Waals surface area contributed by atoms with Crippen LogP contribution in [0.2, 0.25) is 5.02 Å². The molecular formula is C21H21ClF4N4OS. The second kappa shape index (κ2) is 9.35. The van der Waals surface area contributed by atoms with Crippen molar-refractivity contribution in [2.24, 2.45) is 0 Å². The van der Waals surface area contributed by atoms with Gasteiger partial charge in [-0.25, -0.2) is 4.98 Å². The average molecular weight is 489 g/mol. The number of hydrogen-bond donors (Lipinski definition) is 1. The lowest BCUT2D eigenvalue weighted by atomic mass is 10.1. The minimum Gasteiger partial charge on any atom is -0.428 e. The number of fused-ring (bicyclic) bond motifs is 1. The number of aromatic amines is 1. The van der Waals surface area contributed by atoms with Gasteiger partial charge in [-0.15, -0.1) is 0 Å². The molecule has 1 aliphatic heterocycles. The number of nitrogens with one attached hydrogen (secondary N) is 1. The molecule has 11 heteroatoms. The second-order valence-electron chi connectivity index (χ2n) is 7.57. The normalized spacial score (nSPS) is 15.0. The number of pyridine rings is 1. The van der Waals surface area contributed by atoms with E-state index in [0.29, 0.717) is 27.0 Å². The largest absolute Gasteiger partial charge is 0.461 e. The summed E-state index contributed by atoms with van der Waals surface area (Å²) < 4.78 is 55.2. The quantitative estimate of drug-likeness (QED) is 0.306. The monoisotopic (exact) mass is 488 g/mol. The van der Waals surface area contributed by atoms with Crippen LogP contribution in [-0.4, -0.2) is 40.6 Å². The molecule has 5 nitrogen and oxygen atoms in total. The molecule has 1 aromatic carbocycles. The lowest BCUT2D eigenvalue weighted by Gasteiger charge is -2.31. The van der Waals surface area contributed by atoms with Gasteiger partial charge in [0.15, 0.2) is 5.16 Å². The number of ether oxygens (including phenoxy) is 1. The van der Waals surface area contributed by atoms with Gasteiger partial charge in [-0.1, -0.05) is 23.4 Å². The molecule has 0 saturated carbocycles. The van der Waals surface area contributed by atoms with E-state index in [9.17, 15) is 17.6 Å². The molecule has 1 saturated heterocycles. The van der Waals surface area contributed by atoms with E-state index in [-0.39, 0.29) is 5.75 Å². The van der Waals surface area contributed by atoms with Crippen LogP contribution in [0.3, 0.4) is 0 Å². The first-order valence-electron chi connectivity index (χ1n) is 10.1. The van der Waals surface area contributed by atoms with Crippen LogP contribution in [0, 0.1) is 6.92 Å². The molecule has 1 N–H and O–H groups in total. The standard InChI is InChI=1S/C21H21ClF4N4OS/c1-12-10-27-16(17(22)18(12)30-7-3-2-4-8-30)11-32-20-28-14-6-5-13(9-15(14)29-20)31-21(25,26)19(23)24/h5-6,9-10,19H,2-4,7-8,11H2,1H3,(H,28,29). The van der Waals surface area contributed by atoms with E-state index in [1.54, 1.807) is 0 Å². The fourth-order valence-corrected chi connectivity index (χ4v) is 4.95. The third-order valence-corrected chi connectivity index (χ3v) is 6.49. The lowest BCUT2D eigenvalue weighted by Crippen LogP contribution is -2.33. The summed E-state index contributed by atoms with van der Waals surface area (Å²) in [5.41, 5.74) is 3.67. The Bertz CT molecular complexity index is 1100. The molecule has 3 heterocycles. The first-order chi connectivity index (χ1) is 15.2. The third-order valence-electron chi connectivity index (χ3n) is 5.21. The fraction of sp³-hybridized carbons (Fsp3) is 0.429. The van der Waals surface area contributed by atoms with Crippen LogP contribution in [0.4, 0.5) is 23.2 Å². The minimum absolute atomic E-state index is 0.377. The van der Waals surface area contributed by atoms with E-state index >= 15 is 0 Å². The molecule has 0 aliphatic carbocycles. The number of imidazole rings is 1. The van der Waals surface area contributed by atoms with Crippen molar-refractivity contribution in [3.8, 4) is 5.75 Å². The molecule has 32 heavy (non-hydrogen) atoms. The Morgan fingerprint density at radius 1 is 1.25 bits per heavy atom. The van der Waals surface area contributed by atoms with Gasteiger partial charge in [-0.3, -0.25) is 4.98 Å². The van der Waals surface area contributed by atoms with Crippen LogP contribution in [0.5, 0.6) is 5.75 Å². The number of alkyl halides is 4. The van der Waals surface area contributed by atoms with Gasteiger partial charge in [-0.2, -0.15) is 17.6 Å². The van der Waals surface area contributed by atoms with Gasteiger partial charge in [0.05, 0.1) is 27.4 Å². The zero-order valence-corrected chi connectivity index (χ0v) is 18.7. The maximum absolute atomic E-state index is 13.2. The Kier molecular flexibility index (Phi) is 6.71. The molecule has 0 unspecified atom stereocenters. The zero-order chi connectivity index (χ0) is 22.9.